The van der Waals surface area contributed by atoms with Crippen LogP contribution in [0.25, 0.3) is 11.0 Å². The number of nitrogens with one attached hydrogen (secondary N) is 1. The monoisotopic (exact) mass is 324 g/mol. The Morgan fingerprint density at radius 1 is 1.33 bits per heavy atom. The zero-order valence-corrected chi connectivity index (χ0v) is 14.0. The van der Waals surface area contributed by atoms with Crippen LogP contribution in [0.15, 0.2) is 36.5 Å². The van der Waals surface area contributed by atoms with Crippen LogP contribution >= 0.6 is 0 Å². The molecular weight excluding hydrogens is 304 g/mol. The van der Waals surface area contributed by atoms with Crippen molar-refractivity contribution in [3.8, 4) is 5.75 Å². The molecule has 6 heteroatoms. The third-order valence-electron chi connectivity index (χ3n) is 4.00. The quantitative estimate of drug-likeness (QED) is 0.781. The molecule has 6 nitrogen and oxygen atoms in total. The van der Waals surface area contributed by atoms with Crippen LogP contribution in [0.5, 0.6) is 5.75 Å². The van der Waals surface area contributed by atoms with Gasteiger partial charge in [-0.25, -0.2) is 4.98 Å². The molecule has 0 radical (unpaired) electrons. The summed E-state index contributed by atoms with van der Waals surface area (Å²) in [6.45, 7) is 2.44. The number of aromatic nitrogens is 3. The van der Waals surface area contributed by atoms with Gasteiger partial charge in [-0.15, -0.1) is 0 Å². The Hall–Kier alpha value is -2.89. The van der Waals surface area contributed by atoms with Gasteiger partial charge in [0.25, 0.3) is 5.91 Å². The van der Waals surface area contributed by atoms with Crippen LogP contribution < -0.4 is 10.1 Å². The van der Waals surface area contributed by atoms with E-state index in [9.17, 15) is 4.79 Å². The van der Waals surface area contributed by atoms with Gasteiger partial charge in [-0.1, -0.05) is 18.2 Å². The maximum Gasteiger partial charge on any atom is 0.252 e. The molecule has 2 heterocycles. The molecule has 124 valence electrons. The summed E-state index contributed by atoms with van der Waals surface area (Å²) >= 11 is 0. The maximum atomic E-state index is 12.3. The molecule has 0 saturated heterocycles. The third-order valence-corrected chi connectivity index (χ3v) is 4.00. The summed E-state index contributed by atoms with van der Waals surface area (Å²) in [5.41, 5.74) is 3.25. The van der Waals surface area contributed by atoms with Crippen LogP contribution in [0.4, 0.5) is 0 Å². The Bertz CT molecular complexity index is 886. The summed E-state index contributed by atoms with van der Waals surface area (Å²) in [5.74, 6) is 0.698. The molecule has 0 fully saturated rings. The number of fused-ring (bicyclic) bond motifs is 1. The van der Waals surface area contributed by atoms with E-state index in [0.29, 0.717) is 18.5 Å². The topological polar surface area (TPSA) is 69.0 Å². The number of para-hydroxylation sites is 1. The number of hydrogen-bond donors (Lipinski definition) is 1. The van der Waals surface area contributed by atoms with E-state index in [1.165, 1.54) is 0 Å². The number of aryl methyl sites for hydroxylation is 2. The predicted octanol–water partition coefficient (Wildman–Crippen LogP) is 2.26. The number of nitrogens with zero attached hydrogens (tertiary/aromatic N) is 3. The number of benzene rings is 1. The fraction of sp³-hybridized carbons (Fsp3) is 0.278. The Labute approximate surface area is 140 Å². The summed E-state index contributed by atoms with van der Waals surface area (Å²) in [5, 5.41) is 8.15. The highest BCUT2D eigenvalue weighted by molar-refractivity contribution is 5.97. The Morgan fingerprint density at radius 2 is 2.12 bits per heavy atom. The number of pyridine rings is 1. The molecule has 3 aromatic rings. The molecule has 1 amide bonds. The molecule has 3 rings (SSSR count). The van der Waals surface area contributed by atoms with E-state index in [4.69, 9.17) is 4.74 Å². The summed E-state index contributed by atoms with van der Waals surface area (Å²) in [4.78, 5) is 16.7. The van der Waals surface area contributed by atoms with E-state index in [-0.39, 0.29) is 5.91 Å². The molecule has 0 bridgehead atoms. The van der Waals surface area contributed by atoms with E-state index >= 15 is 0 Å². The van der Waals surface area contributed by atoms with Crippen LogP contribution in [0.3, 0.4) is 0 Å². The van der Waals surface area contributed by atoms with Gasteiger partial charge in [0.05, 0.1) is 18.4 Å². The maximum absolute atomic E-state index is 12.3. The Balaban J connectivity index is 1.68. The second-order valence-electron chi connectivity index (χ2n) is 5.62. The highest BCUT2D eigenvalue weighted by atomic mass is 16.5. The zero-order valence-electron chi connectivity index (χ0n) is 14.0. The Morgan fingerprint density at radius 3 is 2.92 bits per heavy atom. The number of carbonyl (C=O) groups is 1. The van der Waals surface area contributed by atoms with E-state index in [1.807, 2.05) is 44.3 Å². The second-order valence-corrected chi connectivity index (χ2v) is 5.62. The molecule has 0 spiro atoms. The zero-order chi connectivity index (χ0) is 17.1. The van der Waals surface area contributed by atoms with E-state index < -0.39 is 0 Å². The van der Waals surface area contributed by atoms with E-state index in [1.54, 1.807) is 18.0 Å². The molecule has 0 unspecified atom stereocenters. The lowest BCUT2D eigenvalue weighted by Gasteiger charge is -2.09. The van der Waals surface area contributed by atoms with Crippen molar-refractivity contribution in [1.29, 1.82) is 0 Å². The number of carbonyl (C=O) groups excluding carboxylic acids is 1. The minimum atomic E-state index is -0.137. The molecule has 24 heavy (non-hydrogen) atoms. The lowest BCUT2D eigenvalue weighted by molar-refractivity contribution is 0.0954. The van der Waals surface area contributed by atoms with Gasteiger partial charge in [-0.3, -0.25) is 9.48 Å². The first-order valence-corrected chi connectivity index (χ1v) is 7.79. The number of ether oxygens (including phenoxy) is 1. The van der Waals surface area contributed by atoms with Gasteiger partial charge in [-0.05, 0) is 31.0 Å². The molecule has 1 N–H and O–H groups in total. The van der Waals surface area contributed by atoms with Gasteiger partial charge >= 0.3 is 0 Å². The third kappa shape index (κ3) is 3.08. The van der Waals surface area contributed by atoms with Gasteiger partial charge in [0.1, 0.15) is 5.75 Å². The van der Waals surface area contributed by atoms with E-state index in [2.05, 4.69) is 15.4 Å². The van der Waals surface area contributed by atoms with Crippen molar-refractivity contribution in [1.82, 2.24) is 20.1 Å². The first-order valence-electron chi connectivity index (χ1n) is 7.79. The fourth-order valence-electron chi connectivity index (χ4n) is 2.75. The average molecular weight is 324 g/mol. The van der Waals surface area contributed by atoms with Crippen molar-refractivity contribution in [3.63, 3.8) is 0 Å². The van der Waals surface area contributed by atoms with Crippen LogP contribution in [0.2, 0.25) is 0 Å². The van der Waals surface area contributed by atoms with Crippen molar-refractivity contribution < 1.29 is 9.53 Å². The van der Waals surface area contributed by atoms with Crippen LogP contribution in [0, 0.1) is 6.92 Å². The van der Waals surface area contributed by atoms with Gasteiger partial charge in [0.15, 0.2) is 5.65 Å². The van der Waals surface area contributed by atoms with Gasteiger partial charge < -0.3 is 10.1 Å². The molecule has 2 aromatic heterocycles. The van der Waals surface area contributed by atoms with Gasteiger partial charge in [0, 0.05) is 25.2 Å². The van der Waals surface area contributed by atoms with Crippen molar-refractivity contribution in [2.75, 3.05) is 13.7 Å². The fourth-order valence-corrected chi connectivity index (χ4v) is 2.75. The summed E-state index contributed by atoms with van der Waals surface area (Å²) in [6.07, 6.45) is 2.29. The summed E-state index contributed by atoms with van der Waals surface area (Å²) in [6, 6.07) is 9.64. The van der Waals surface area contributed by atoms with Crippen LogP contribution in [-0.4, -0.2) is 34.3 Å². The normalized spacial score (nSPS) is 10.8. The molecular formula is C18H20N4O2. The highest BCUT2D eigenvalue weighted by Crippen LogP contribution is 2.18. The van der Waals surface area contributed by atoms with Crippen molar-refractivity contribution >= 4 is 16.9 Å². The Kier molecular flexibility index (Phi) is 4.46. The number of hydrogen-bond acceptors (Lipinski definition) is 4. The van der Waals surface area contributed by atoms with Crippen molar-refractivity contribution in [3.05, 3.63) is 53.3 Å². The SMILES string of the molecule is COc1ccccc1CCNC(=O)c1cnc2c(c1)c(C)nn2C. The summed E-state index contributed by atoms with van der Waals surface area (Å²) < 4.78 is 7.04. The molecule has 0 aliphatic heterocycles. The minimum Gasteiger partial charge on any atom is -0.496 e. The number of methoxy groups -OCH3 is 1. The molecule has 0 aliphatic rings. The van der Waals surface area contributed by atoms with Crippen molar-refractivity contribution in [2.24, 2.45) is 7.05 Å². The lowest BCUT2D eigenvalue weighted by atomic mass is 10.1. The van der Waals surface area contributed by atoms with Crippen LogP contribution in [-0.2, 0) is 13.5 Å². The molecule has 0 saturated carbocycles. The van der Waals surface area contributed by atoms with Gasteiger partial charge in [-0.2, -0.15) is 5.10 Å². The first-order chi connectivity index (χ1) is 11.6. The first kappa shape index (κ1) is 16.0. The standard InChI is InChI=1S/C18H20N4O2/c1-12-15-10-14(11-20-17(15)22(2)21-12)18(23)19-9-8-13-6-4-5-7-16(13)24-3/h4-7,10-11H,8-9H2,1-3H3,(H,19,23). The van der Waals surface area contributed by atoms with Crippen molar-refractivity contribution in [2.45, 2.75) is 13.3 Å². The predicted molar refractivity (Wildman–Crippen MR) is 92.3 cm³/mol. The minimum absolute atomic E-state index is 0.137. The summed E-state index contributed by atoms with van der Waals surface area (Å²) in [7, 11) is 3.49. The second kappa shape index (κ2) is 6.70. The average Bonchev–Trinajstić information content (AvgIpc) is 2.89. The van der Waals surface area contributed by atoms with Crippen LogP contribution in [0.1, 0.15) is 21.6 Å². The van der Waals surface area contributed by atoms with Gasteiger partial charge in [0.2, 0.25) is 0 Å². The molecule has 0 aliphatic carbocycles. The smallest absolute Gasteiger partial charge is 0.252 e. The largest absolute Gasteiger partial charge is 0.496 e. The molecule has 0 atom stereocenters. The lowest BCUT2D eigenvalue weighted by Crippen LogP contribution is -2.25. The molecule has 1 aromatic carbocycles. The number of amides is 1. The number of rotatable bonds is 5. The highest BCUT2D eigenvalue weighted by Gasteiger charge is 2.11. The van der Waals surface area contributed by atoms with E-state index in [0.717, 1.165) is 28.0 Å².